The van der Waals surface area contributed by atoms with E-state index in [2.05, 4.69) is 11.4 Å². The first-order valence-corrected chi connectivity index (χ1v) is 12.1. The number of sulfonamides is 1. The number of hydrogen-bond donors (Lipinski definition) is 1. The molecule has 1 amide bonds. The van der Waals surface area contributed by atoms with E-state index in [1.807, 2.05) is 55.5 Å². The van der Waals surface area contributed by atoms with Crippen molar-refractivity contribution < 1.29 is 13.2 Å². The number of rotatable bonds is 5. The van der Waals surface area contributed by atoms with Crippen molar-refractivity contribution in [2.24, 2.45) is 0 Å². The molecule has 0 saturated carbocycles. The van der Waals surface area contributed by atoms with E-state index >= 15 is 0 Å². The van der Waals surface area contributed by atoms with Gasteiger partial charge >= 0.3 is 0 Å². The summed E-state index contributed by atoms with van der Waals surface area (Å²) in [6, 6.07) is 24.5. The van der Waals surface area contributed by atoms with Gasteiger partial charge in [-0.3, -0.25) is 9.10 Å². The maximum Gasteiger partial charge on any atom is 0.252 e. The highest BCUT2D eigenvalue weighted by atomic mass is 32.2. The number of anilines is 1. The lowest BCUT2D eigenvalue weighted by molar-refractivity contribution is 0.0943. The van der Waals surface area contributed by atoms with Gasteiger partial charge in [0.05, 0.1) is 17.5 Å². The van der Waals surface area contributed by atoms with E-state index in [0.29, 0.717) is 24.2 Å². The van der Waals surface area contributed by atoms with Crippen LogP contribution in [0.5, 0.6) is 0 Å². The summed E-state index contributed by atoms with van der Waals surface area (Å²) in [5.74, 6) is -0.0341. The van der Waals surface area contributed by atoms with Crippen LogP contribution in [0.4, 0.5) is 5.69 Å². The molecule has 0 spiro atoms. The molecule has 5 nitrogen and oxygen atoms in total. The zero-order valence-corrected chi connectivity index (χ0v) is 18.3. The summed E-state index contributed by atoms with van der Waals surface area (Å²) in [6.45, 7) is 2.51. The highest BCUT2D eigenvalue weighted by Gasteiger charge is 2.26. The molecule has 0 aliphatic carbocycles. The highest BCUT2D eigenvalue weighted by Crippen LogP contribution is 2.26. The van der Waals surface area contributed by atoms with Gasteiger partial charge in [-0.1, -0.05) is 60.2 Å². The minimum absolute atomic E-state index is 0.171. The van der Waals surface area contributed by atoms with Crippen LogP contribution in [-0.2, 0) is 10.0 Å². The quantitative estimate of drug-likeness (QED) is 0.645. The molecule has 4 rings (SSSR count). The number of nitrogens with one attached hydrogen (secondary N) is 1. The topological polar surface area (TPSA) is 66.5 Å². The van der Waals surface area contributed by atoms with Crippen molar-refractivity contribution in [3.8, 4) is 0 Å². The Kier molecular flexibility index (Phi) is 6.09. The molecule has 0 aromatic heterocycles. The van der Waals surface area contributed by atoms with Crippen LogP contribution < -0.4 is 9.62 Å². The van der Waals surface area contributed by atoms with Crippen LogP contribution in [0, 0.1) is 6.92 Å². The first kappa shape index (κ1) is 21.1. The molecule has 1 saturated heterocycles. The summed E-state index contributed by atoms with van der Waals surface area (Å²) < 4.78 is 26.1. The molecular weight excluding hydrogens is 408 g/mol. The second-order valence-corrected chi connectivity index (χ2v) is 9.89. The third-order valence-corrected chi connectivity index (χ3v) is 7.42. The van der Waals surface area contributed by atoms with E-state index in [1.165, 1.54) is 4.31 Å². The van der Waals surface area contributed by atoms with Crippen LogP contribution in [0.2, 0.25) is 0 Å². The van der Waals surface area contributed by atoms with Gasteiger partial charge in [0.15, 0.2) is 0 Å². The monoisotopic (exact) mass is 434 g/mol. The lowest BCUT2D eigenvalue weighted by Gasteiger charge is -2.28. The van der Waals surface area contributed by atoms with Crippen molar-refractivity contribution in [3.05, 3.63) is 101 Å². The lowest BCUT2D eigenvalue weighted by Crippen LogP contribution is -2.37. The minimum atomic E-state index is -3.27. The molecule has 0 radical (unpaired) electrons. The van der Waals surface area contributed by atoms with Gasteiger partial charge in [-0.2, -0.15) is 0 Å². The third-order valence-electron chi connectivity index (χ3n) is 5.55. The molecule has 0 bridgehead atoms. The fourth-order valence-electron chi connectivity index (χ4n) is 3.93. The van der Waals surface area contributed by atoms with E-state index in [-0.39, 0.29) is 17.7 Å². The molecule has 3 aromatic carbocycles. The van der Waals surface area contributed by atoms with Gasteiger partial charge < -0.3 is 5.32 Å². The molecule has 1 aliphatic rings. The van der Waals surface area contributed by atoms with Crippen LogP contribution in [0.15, 0.2) is 78.9 Å². The van der Waals surface area contributed by atoms with Gasteiger partial charge in [0.2, 0.25) is 10.0 Å². The predicted molar refractivity (Wildman–Crippen MR) is 124 cm³/mol. The normalized spacial score (nSPS) is 16.5. The van der Waals surface area contributed by atoms with E-state index < -0.39 is 10.0 Å². The molecule has 1 fully saturated rings. The van der Waals surface area contributed by atoms with Crippen molar-refractivity contribution in [2.45, 2.75) is 25.8 Å². The number of benzene rings is 3. The smallest absolute Gasteiger partial charge is 0.252 e. The number of nitrogens with zero attached hydrogens (tertiary/aromatic N) is 1. The maximum absolute atomic E-state index is 13.1. The molecule has 1 N–H and O–H groups in total. The Morgan fingerprint density at radius 2 is 1.61 bits per heavy atom. The summed E-state index contributed by atoms with van der Waals surface area (Å²) in [7, 11) is -3.27. The van der Waals surface area contributed by atoms with Gasteiger partial charge in [-0.25, -0.2) is 8.42 Å². The highest BCUT2D eigenvalue weighted by molar-refractivity contribution is 7.92. The molecule has 1 atom stereocenters. The Bertz CT molecular complexity index is 1160. The SMILES string of the molecule is Cc1cccc(C(NC(=O)c2ccc(N3CCCCS3(=O)=O)cc2)c2ccccc2)c1. The summed E-state index contributed by atoms with van der Waals surface area (Å²) in [6.07, 6.45) is 1.54. The number of hydrogen-bond acceptors (Lipinski definition) is 3. The predicted octanol–water partition coefficient (Wildman–Crippen LogP) is 4.44. The average Bonchev–Trinajstić information content (AvgIpc) is 2.78. The zero-order chi connectivity index (χ0) is 21.8. The average molecular weight is 435 g/mol. The lowest BCUT2D eigenvalue weighted by atomic mass is 9.97. The number of carbonyl (C=O) groups excluding carboxylic acids is 1. The Morgan fingerprint density at radius 3 is 2.29 bits per heavy atom. The summed E-state index contributed by atoms with van der Waals surface area (Å²) in [5, 5.41) is 3.14. The number of aryl methyl sites for hydroxylation is 1. The Balaban J connectivity index is 1.58. The van der Waals surface area contributed by atoms with Crippen molar-refractivity contribution >= 4 is 21.6 Å². The second-order valence-electron chi connectivity index (χ2n) is 7.87. The van der Waals surface area contributed by atoms with E-state index in [0.717, 1.165) is 23.1 Å². The minimum Gasteiger partial charge on any atom is -0.341 e. The van der Waals surface area contributed by atoms with Crippen LogP contribution in [0.3, 0.4) is 0 Å². The van der Waals surface area contributed by atoms with E-state index in [4.69, 9.17) is 0 Å². The van der Waals surface area contributed by atoms with Crippen molar-refractivity contribution in [2.75, 3.05) is 16.6 Å². The van der Waals surface area contributed by atoms with Gasteiger partial charge in [0.25, 0.3) is 5.91 Å². The molecular formula is C25H26N2O3S. The molecule has 160 valence electrons. The van der Waals surface area contributed by atoms with Gasteiger partial charge in [-0.15, -0.1) is 0 Å². The maximum atomic E-state index is 13.1. The Labute approximate surface area is 183 Å². The van der Waals surface area contributed by atoms with E-state index in [9.17, 15) is 13.2 Å². The van der Waals surface area contributed by atoms with Crippen LogP contribution in [0.25, 0.3) is 0 Å². The summed E-state index contributed by atoms with van der Waals surface area (Å²) in [4.78, 5) is 13.1. The third kappa shape index (κ3) is 4.80. The first-order chi connectivity index (χ1) is 14.9. The Morgan fingerprint density at radius 1 is 0.903 bits per heavy atom. The van der Waals surface area contributed by atoms with Crippen LogP contribution >= 0.6 is 0 Å². The van der Waals surface area contributed by atoms with E-state index in [1.54, 1.807) is 24.3 Å². The Hall–Kier alpha value is -3.12. The van der Waals surface area contributed by atoms with Gasteiger partial charge in [0.1, 0.15) is 0 Å². The molecule has 31 heavy (non-hydrogen) atoms. The van der Waals surface area contributed by atoms with Crippen molar-refractivity contribution in [1.29, 1.82) is 0 Å². The molecule has 1 heterocycles. The summed E-state index contributed by atoms with van der Waals surface area (Å²) in [5.41, 5.74) is 4.23. The van der Waals surface area contributed by atoms with Crippen molar-refractivity contribution in [3.63, 3.8) is 0 Å². The van der Waals surface area contributed by atoms with Gasteiger partial charge in [0, 0.05) is 12.1 Å². The number of amides is 1. The van der Waals surface area contributed by atoms with Crippen LogP contribution in [-0.4, -0.2) is 26.6 Å². The molecule has 1 aliphatic heterocycles. The molecule has 1 unspecified atom stereocenters. The van der Waals surface area contributed by atoms with Crippen molar-refractivity contribution in [1.82, 2.24) is 5.32 Å². The van der Waals surface area contributed by atoms with Gasteiger partial charge in [-0.05, 0) is 55.2 Å². The largest absolute Gasteiger partial charge is 0.341 e. The fraction of sp³-hybridized carbons (Fsp3) is 0.240. The van der Waals surface area contributed by atoms with Crippen LogP contribution in [0.1, 0.15) is 45.9 Å². The second kappa shape index (κ2) is 8.94. The zero-order valence-electron chi connectivity index (χ0n) is 17.5. The number of carbonyl (C=O) groups is 1. The summed E-state index contributed by atoms with van der Waals surface area (Å²) >= 11 is 0. The molecule has 3 aromatic rings. The molecule has 6 heteroatoms. The fourth-order valence-corrected chi connectivity index (χ4v) is 5.57. The first-order valence-electron chi connectivity index (χ1n) is 10.5. The standard InChI is InChI=1S/C25H26N2O3S/c1-19-8-7-11-22(18-19)24(20-9-3-2-4-10-20)26-25(28)21-12-14-23(15-13-21)27-16-5-6-17-31(27,29)30/h2-4,7-15,18,24H,5-6,16-17H2,1H3,(H,26,28).